The van der Waals surface area contributed by atoms with E-state index in [1.807, 2.05) is 29.0 Å². The largest absolute Gasteiger partial charge is 1.00 e. The van der Waals surface area contributed by atoms with E-state index in [9.17, 15) is 0 Å². The highest BCUT2D eigenvalue weighted by Crippen LogP contribution is 1.99. The monoisotopic (exact) mass is 215 g/mol. The number of hydrogen-bond donors (Lipinski definition) is 0. The summed E-state index contributed by atoms with van der Waals surface area (Å²) in [5.74, 6) is 0. The number of pyridine rings is 1. The van der Waals surface area contributed by atoms with Crippen LogP contribution in [0.4, 0.5) is 0 Å². The Morgan fingerprint density at radius 1 is 1.54 bits per heavy atom. The Morgan fingerprint density at radius 3 is 2.77 bits per heavy atom. The first-order valence-corrected chi connectivity index (χ1v) is 4.06. The van der Waals surface area contributed by atoms with Gasteiger partial charge in [0.2, 0.25) is 5.69 Å². The SMILES string of the molecule is C=Cc1cccc[n+]1CC(=C)Cl.[Cl-]. The van der Waals surface area contributed by atoms with Crippen molar-refractivity contribution in [3.05, 3.63) is 48.3 Å². The maximum absolute atomic E-state index is 5.69. The Balaban J connectivity index is 0.00000144. The molecule has 0 aliphatic rings. The van der Waals surface area contributed by atoms with E-state index in [1.54, 1.807) is 6.08 Å². The van der Waals surface area contributed by atoms with Crippen molar-refractivity contribution in [2.24, 2.45) is 0 Å². The molecule has 1 aromatic rings. The molecule has 0 aliphatic carbocycles. The molecule has 0 amide bonds. The van der Waals surface area contributed by atoms with Crippen molar-refractivity contribution in [2.45, 2.75) is 6.54 Å². The van der Waals surface area contributed by atoms with Crippen LogP contribution in [-0.2, 0) is 6.54 Å². The number of nitrogens with zero attached hydrogens (tertiary/aromatic N) is 1. The van der Waals surface area contributed by atoms with Crippen molar-refractivity contribution in [1.29, 1.82) is 0 Å². The molecule has 0 saturated carbocycles. The van der Waals surface area contributed by atoms with Crippen molar-refractivity contribution in [1.82, 2.24) is 0 Å². The third kappa shape index (κ3) is 3.62. The summed E-state index contributed by atoms with van der Waals surface area (Å²) >= 11 is 5.69. The number of rotatable bonds is 3. The zero-order valence-electron chi connectivity index (χ0n) is 7.21. The molecule has 0 fully saturated rings. The van der Waals surface area contributed by atoms with E-state index in [0.717, 1.165) is 5.69 Å². The fraction of sp³-hybridized carbons (Fsp3) is 0.100. The molecule has 0 atom stereocenters. The smallest absolute Gasteiger partial charge is 0.204 e. The lowest BCUT2D eigenvalue weighted by Crippen LogP contribution is -3.00. The summed E-state index contributed by atoms with van der Waals surface area (Å²) < 4.78 is 1.99. The van der Waals surface area contributed by atoms with Crippen LogP contribution >= 0.6 is 11.6 Å². The van der Waals surface area contributed by atoms with Crippen LogP contribution < -0.4 is 17.0 Å². The fourth-order valence-electron chi connectivity index (χ4n) is 1.00. The molecule has 0 aliphatic heterocycles. The number of aromatic nitrogens is 1. The molecule has 1 aromatic heterocycles. The number of hydrogen-bond acceptors (Lipinski definition) is 0. The zero-order valence-corrected chi connectivity index (χ0v) is 8.72. The van der Waals surface area contributed by atoms with E-state index in [4.69, 9.17) is 11.6 Å². The van der Waals surface area contributed by atoms with Crippen LogP contribution in [0.15, 0.2) is 42.6 Å². The summed E-state index contributed by atoms with van der Waals surface area (Å²) in [6.07, 6.45) is 3.74. The van der Waals surface area contributed by atoms with Crippen LogP contribution in [0.25, 0.3) is 6.08 Å². The zero-order chi connectivity index (χ0) is 8.97. The van der Waals surface area contributed by atoms with Crippen molar-refractivity contribution in [3.63, 3.8) is 0 Å². The lowest BCUT2D eigenvalue weighted by molar-refractivity contribution is -0.689. The highest BCUT2D eigenvalue weighted by atomic mass is 35.5. The van der Waals surface area contributed by atoms with Gasteiger partial charge in [-0.3, -0.25) is 0 Å². The molecule has 3 heteroatoms. The van der Waals surface area contributed by atoms with E-state index >= 15 is 0 Å². The van der Waals surface area contributed by atoms with Crippen LogP contribution in [0.1, 0.15) is 5.69 Å². The van der Waals surface area contributed by atoms with Crippen LogP contribution in [-0.4, -0.2) is 0 Å². The standard InChI is InChI=1S/C10H11ClN.ClH/c1-3-10-6-4-5-7-12(10)8-9(2)11;/h3-7H,1-2,8H2;1H/q+1;/p-1. The fourth-order valence-corrected chi connectivity index (χ4v) is 1.13. The molecular formula is C10H11Cl2N. The second kappa shape index (κ2) is 5.79. The summed E-state index contributed by atoms with van der Waals surface area (Å²) in [5.41, 5.74) is 1.04. The van der Waals surface area contributed by atoms with Gasteiger partial charge in [0.25, 0.3) is 0 Å². The Kier molecular flexibility index (Phi) is 5.44. The first-order chi connectivity index (χ1) is 5.74. The molecule has 0 N–H and O–H groups in total. The lowest BCUT2D eigenvalue weighted by atomic mass is 10.3. The van der Waals surface area contributed by atoms with Gasteiger partial charge >= 0.3 is 0 Å². The molecule has 0 aromatic carbocycles. The van der Waals surface area contributed by atoms with Crippen molar-refractivity contribution >= 4 is 17.7 Å². The first-order valence-electron chi connectivity index (χ1n) is 3.68. The van der Waals surface area contributed by atoms with Gasteiger partial charge in [-0.15, -0.1) is 0 Å². The average molecular weight is 216 g/mol. The van der Waals surface area contributed by atoms with Crippen LogP contribution in [0.5, 0.6) is 0 Å². The lowest BCUT2D eigenvalue weighted by Gasteiger charge is -1.97. The van der Waals surface area contributed by atoms with Gasteiger partial charge in [-0.05, 0) is 6.07 Å². The first kappa shape index (κ1) is 12.2. The van der Waals surface area contributed by atoms with Gasteiger partial charge in [0.15, 0.2) is 12.7 Å². The second-order valence-corrected chi connectivity index (χ2v) is 3.01. The minimum absolute atomic E-state index is 0. The van der Waals surface area contributed by atoms with Crippen molar-refractivity contribution in [3.8, 4) is 0 Å². The Labute approximate surface area is 89.8 Å². The van der Waals surface area contributed by atoms with Crippen LogP contribution in [0.2, 0.25) is 0 Å². The summed E-state index contributed by atoms with van der Waals surface area (Å²) in [6, 6.07) is 5.89. The van der Waals surface area contributed by atoms with E-state index in [-0.39, 0.29) is 12.4 Å². The molecule has 70 valence electrons. The van der Waals surface area contributed by atoms with Gasteiger partial charge in [-0.25, -0.2) is 0 Å². The van der Waals surface area contributed by atoms with E-state index in [2.05, 4.69) is 13.2 Å². The molecule has 0 radical (unpaired) electrons. The van der Waals surface area contributed by atoms with Gasteiger partial charge in [0, 0.05) is 18.2 Å². The van der Waals surface area contributed by atoms with Gasteiger partial charge in [-0.1, -0.05) is 24.8 Å². The predicted octanol–water partition coefficient (Wildman–Crippen LogP) is -0.626. The molecule has 13 heavy (non-hydrogen) atoms. The number of halogens is 2. The van der Waals surface area contributed by atoms with Crippen molar-refractivity contribution < 1.29 is 17.0 Å². The molecule has 0 bridgehead atoms. The van der Waals surface area contributed by atoms with Gasteiger partial charge in [0.05, 0.1) is 5.03 Å². The molecular weight excluding hydrogens is 205 g/mol. The Hall–Kier alpha value is -0.790. The molecule has 1 nitrogen and oxygen atoms in total. The minimum Gasteiger partial charge on any atom is -1.00 e. The summed E-state index contributed by atoms with van der Waals surface area (Å²) in [6.45, 7) is 7.97. The number of allylic oxidation sites excluding steroid dienone is 1. The van der Waals surface area contributed by atoms with Crippen LogP contribution in [0, 0.1) is 0 Å². The van der Waals surface area contributed by atoms with Gasteiger partial charge < -0.3 is 12.4 Å². The second-order valence-electron chi connectivity index (χ2n) is 2.47. The molecule has 1 heterocycles. The average Bonchev–Trinajstić information content (AvgIpc) is 2.04. The van der Waals surface area contributed by atoms with E-state index in [0.29, 0.717) is 11.6 Å². The highest BCUT2D eigenvalue weighted by molar-refractivity contribution is 6.29. The quantitative estimate of drug-likeness (QED) is 0.592. The van der Waals surface area contributed by atoms with Crippen LogP contribution in [0.3, 0.4) is 0 Å². The third-order valence-corrected chi connectivity index (χ3v) is 1.65. The normalized spacial score (nSPS) is 8.69. The van der Waals surface area contributed by atoms with E-state index < -0.39 is 0 Å². The van der Waals surface area contributed by atoms with Crippen molar-refractivity contribution in [2.75, 3.05) is 0 Å². The maximum atomic E-state index is 5.69. The Bertz CT molecular complexity index is 308. The summed E-state index contributed by atoms with van der Waals surface area (Å²) in [7, 11) is 0. The minimum atomic E-state index is 0. The van der Waals surface area contributed by atoms with E-state index in [1.165, 1.54) is 0 Å². The molecule has 1 rings (SSSR count). The molecule has 0 unspecified atom stereocenters. The third-order valence-electron chi connectivity index (χ3n) is 1.53. The topological polar surface area (TPSA) is 3.88 Å². The highest BCUT2D eigenvalue weighted by Gasteiger charge is 2.05. The predicted molar refractivity (Wildman–Crippen MR) is 51.7 cm³/mol. The molecule has 0 saturated heterocycles. The maximum Gasteiger partial charge on any atom is 0.204 e. The van der Waals surface area contributed by atoms with Gasteiger partial charge in [0.1, 0.15) is 0 Å². The molecule has 0 spiro atoms. The van der Waals surface area contributed by atoms with Gasteiger partial charge in [-0.2, -0.15) is 4.57 Å². The summed E-state index contributed by atoms with van der Waals surface area (Å²) in [4.78, 5) is 0. The summed E-state index contributed by atoms with van der Waals surface area (Å²) in [5, 5.41) is 0.620. The Morgan fingerprint density at radius 2 is 2.23 bits per heavy atom.